The Labute approximate surface area is 253 Å². The summed E-state index contributed by atoms with van der Waals surface area (Å²) in [5, 5.41) is 13.7. The van der Waals surface area contributed by atoms with E-state index in [-0.39, 0.29) is 5.91 Å². The van der Waals surface area contributed by atoms with Crippen LogP contribution < -0.4 is 4.90 Å². The van der Waals surface area contributed by atoms with E-state index >= 15 is 0 Å². The molecule has 0 unspecified atom stereocenters. The smallest absolute Gasteiger partial charge is 0.273 e. The molecule has 40 heavy (non-hydrogen) atoms. The highest BCUT2D eigenvalue weighted by molar-refractivity contribution is 7.98. The summed E-state index contributed by atoms with van der Waals surface area (Å²) in [4.78, 5) is 21.9. The van der Waals surface area contributed by atoms with Gasteiger partial charge in [-0.15, -0.1) is 21.5 Å². The van der Waals surface area contributed by atoms with Gasteiger partial charge in [-0.25, -0.2) is 4.98 Å². The van der Waals surface area contributed by atoms with E-state index in [4.69, 9.17) is 39.2 Å². The second-order valence-electron chi connectivity index (χ2n) is 8.86. The van der Waals surface area contributed by atoms with Crippen molar-refractivity contribution in [1.29, 1.82) is 0 Å². The lowest BCUT2D eigenvalue weighted by molar-refractivity contribution is 0.0741. The predicted molar refractivity (Wildman–Crippen MR) is 160 cm³/mol. The van der Waals surface area contributed by atoms with Crippen LogP contribution in [0.5, 0.6) is 0 Å². The van der Waals surface area contributed by atoms with Crippen LogP contribution in [-0.4, -0.2) is 56.7 Å². The molecule has 1 fully saturated rings. The summed E-state index contributed by atoms with van der Waals surface area (Å²) in [7, 11) is 0. The molecule has 2 aromatic carbocycles. The molecule has 8 nitrogen and oxygen atoms in total. The summed E-state index contributed by atoms with van der Waals surface area (Å²) in [6.45, 7) is 2.62. The molecule has 4 heterocycles. The number of anilines is 1. The van der Waals surface area contributed by atoms with E-state index in [1.54, 1.807) is 36.6 Å². The summed E-state index contributed by atoms with van der Waals surface area (Å²) < 4.78 is 7.40. The highest BCUT2D eigenvalue weighted by Crippen LogP contribution is 2.34. The predicted octanol–water partition coefficient (Wildman–Crippen LogP) is 7.20. The second-order valence-corrected chi connectivity index (χ2v) is 12.0. The third-order valence-electron chi connectivity index (χ3n) is 6.38. The van der Waals surface area contributed by atoms with Crippen molar-refractivity contribution < 1.29 is 9.21 Å². The minimum atomic E-state index is -0.0692. The highest BCUT2D eigenvalue weighted by atomic mass is 35.5. The Kier molecular flexibility index (Phi) is 8.04. The summed E-state index contributed by atoms with van der Waals surface area (Å²) in [5.74, 6) is 1.47. The standard InChI is InChI=1S/C27H21Cl3N6O2S2/c28-17-7-8-19(30)22(14-17)36-25(23-6-3-13-38-23)32-33-27(36)40-16-24-31-20(15-39-24)26(37)35-11-9-34(10-12-35)21-5-2-1-4-18(21)29/h1-8,13-15H,9-12,16H2. The number of halogens is 3. The molecule has 13 heteroatoms. The molecule has 1 saturated heterocycles. The van der Waals surface area contributed by atoms with Gasteiger partial charge < -0.3 is 14.2 Å². The average Bonchev–Trinajstić information content (AvgIpc) is 3.74. The van der Waals surface area contributed by atoms with Crippen LogP contribution in [0.15, 0.2) is 75.8 Å². The lowest BCUT2D eigenvalue weighted by atomic mass is 10.2. The molecule has 1 aliphatic heterocycles. The fourth-order valence-electron chi connectivity index (χ4n) is 4.43. The Balaban J connectivity index is 1.15. The van der Waals surface area contributed by atoms with E-state index in [9.17, 15) is 4.79 Å². The first kappa shape index (κ1) is 27.2. The van der Waals surface area contributed by atoms with E-state index in [2.05, 4.69) is 20.1 Å². The van der Waals surface area contributed by atoms with Crippen LogP contribution in [0.3, 0.4) is 0 Å². The fourth-order valence-corrected chi connectivity index (χ4v) is 6.78. The van der Waals surface area contributed by atoms with Gasteiger partial charge in [0, 0.05) is 36.6 Å². The molecule has 0 bridgehead atoms. The molecule has 0 aliphatic carbocycles. The zero-order valence-corrected chi connectivity index (χ0v) is 24.7. The van der Waals surface area contributed by atoms with Gasteiger partial charge in [0.15, 0.2) is 10.9 Å². The average molecular weight is 632 g/mol. The zero-order valence-electron chi connectivity index (χ0n) is 20.8. The van der Waals surface area contributed by atoms with Crippen molar-refractivity contribution in [2.24, 2.45) is 0 Å². The van der Waals surface area contributed by atoms with Crippen molar-refractivity contribution in [1.82, 2.24) is 24.6 Å². The maximum absolute atomic E-state index is 13.2. The molecule has 6 rings (SSSR count). The summed E-state index contributed by atoms with van der Waals surface area (Å²) in [5.41, 5.74) is 2.08. The number of furan rings is 1. The van der Waals surface area contributed by atoms with Gasteiger partial charge in [0.05, 0.1) is 33.4 Å². The van der Waals surface area contributed by atoms with Crippen molar-refractivity contribution in [3.05, 3.63) is 92.0 Å². The number of nitrogens with zero attached hydrogens (tertiary/aromatic N) is 6. The van der Waals surface area contributed by atoms with Crippen LogP contribution in [0.4, 0.5) is 5.69 Å². The lowest BCUT2D eigenvalue weighted by Crippen LogP contribution is -2.49. The third kappa shape index (κ3) is 5.59. The molecule has 0 saturated carbocycles. The monoisotopic (exact) mass is 630 g/mol. The number of para-hydroxylation sites is 1. The van der Waals surface area contributed by atoms with Crippen molar-refractivity contribution in [2.45, 2.75) is 10.9 Å². The number of carbonyl (C=O) groups excluding carboxylic acids is 1. The normalized spacial score (nSPS) is 13.7. The Morgan fingerprint density at radius 1 is 0.950 bits per heavy atom. The number of piperazine rings is 1. The van der Waals surface area contributed by atoms with Gasteiger partial charge in [-0.05, 0) is 42.5 Å². The maximum Gasteiger partial charge on any atom is 0.273 e. The van der Waals surface area contributed by atoms with Gasteiger partial charge in [0.1, 0.15) is 10.7 Å². The summed E-state index contributed by atoms with van der Waals surface area (Å²) in [6, 6.07) is 16.6. The number of thioether (sulfide) groups is 1. The van der Waals surface area contributed by atoms with Gasteiger partial charge in [0.2, 0.25) is 5.82 Å². The molecular formula is C27H21Cl3N6O2S2. The Bertz CT molecular complexity index is 1650. The van der Waals surface area contributed by atoms with Gasteiger partial charge in [-0.1, -0.05) is 58.7 Å². The van der Waals surface area contributed by atoms with Crippen LogP contribution in [0.1, 0.15) is 15.5 Å². The molecule has 0 N–H and O–H groups in total. The van der Waals surface area contributed by atoms with Gasteiger partial charge in [0.25, 0.3) is 5.91 Å². The van der Waals surface area contributed by atoms with E-state index in [0.29, 0.717) is 75.1 Å². The number of amides is 1. The first-order valence-electron chi connectivity index (χ1n) is 12.3. The zero-order chi connectivity index (χ0) is 27.6. The SMILES string of the molecule is O=C(c1csc(CSc2nnc(-c3ccco3)n2-c2cc(Cl)ccc2Cl)n1)N1CCN(c2ccccc2Cl)CC1. The van der Waals surface area contributed by atoms with Crippen LogP contribution in [0, 0.1) is 0 Å². The second kappa shape index (κ2) is 11.8. The molecule has 204 valence electrons. The van der Waals surface area contributed by atoms with Gasteiger partial charge in [-0.3, -0.25) is 9.36 Å². The van der Waals surface area contributed by atoms with E-state index in [0.717, 1.165) is 10.7 Å². The Morgan fingerprint density at radius 2 is 1.75 bits per heavy atom. The Morgan fingerprint density at radius 3 is 2.52 bits per heavy atom. The van der Waals surface area contributed by atoms with E-state index in [1.807, 2.05) is 39.1 Å². The topological polar surface area (TPSA) is 80.3 Å². The van der Waals surface area contributed by atoms with Crippen LogP contribution >= 0.6 is 57.9 Å². The first-order valence-corrected chi connectivity index (χ1v) is 15.3. The quantitative estimate of drug-likeness (QED) is 0.176. The van der Waals surface area contributed by atoms with E-state index in [1.165, 1.54) is 23.1 Å². The van der Waals surface area contributed by atoms with Gasteiger partial charge in [-0.2, -0.15) is 0 Å². The summed E-state index contributed by atoms with van der Waals surface area (Å²) >= 11 is 22.1. The molecule has 1 aliphatic rings. The number of rotatable bonds is 7. The molecule has 0 spiro atoms. The number of benzene rings is 2. The third-order valence-corrected chi connectivity index (χ3v) is 9.23. The van der Waals surface area contributed by atoms with Crippen molar-refractivity contribution >= 4 is 69.5 Å². The molecule has 1 amide bonds. The van der Waals surface area contributed by atoms with Gasteiger partial charge >= 0.3 is 0 Å². The number of thiazole rings is 1. The van der Waals surface area contributed by atoms with Crippen LogP contribution in [0.25, 0.3) is 17.3 Å². The summed E-state index contributed by atoms with van der Waals surface area (Å²) in [6.07, 6.45) is 1.57. The first-order chi connectivity index (χ1) is 19.5. The Hall–Kier alpha value is -3.02. The van der Waals surface area contributed by atoms with Crippen molar-refractivity contribution in [3.8, 4) is 17.3 Å². The molecule has 3 aromatic heterocycles. The largest absolute Gasteiger partial charge is 0.461 e. The highest BCUT2D eigenvalue weighted by Gasteiger charge is 2.25. The number of aromatic nitrogens is 4. The molecule has 0 radical (unpaired) electrons. The van der Waals surface area contributed by atoms with E-state index < -0.39 is 0 Å². The van der Waals surface area contributed by atoms with Crippen molar-refractivity contribution in [2.75, 3.05) is 31.1 Å². The minimum Gasteiger partial charge on any atom is -0.461 e. The fraction of sp³-hybridized carbons (Fsp3) is 0.185. The minimum absolute atomic E-state index is 0.0692. The number of hydrogen-bond acceptors (Lipinski definition) is 8. The number of carbonyl (C=O) groups is 1. The molecule has 0 atom stereocenters. The van der Waals surface area contributed by atoms with Crippen LogP contribution in [-0.2, 0) is 5.75 Å². The number of hydrogen-bond donors (Lipinski definition) is 0. The molecular weight excluding hydrogens is 611 g/mol. The van der Waals surface area contributed by atoms with Crippen LogP contribution in [0.2, 0.25) is 15.1 Å². The molecule has 5 aromatic rings. The van der Waals surface area contributed by atoms with Crippen molar-refractivity contribution in [3.63, 3.8) is 0 Å². The maximum atomic E-state index is 13.2. The lowest BCUT2D eigenvalue weighted by Gasteiger charge is -2.36.